The summed E-state index contributed by atoms with van der Waals surface area (Å²) < 4.78 is 126. The minimum absolute atomic E-state index is 0.00188. The zero-order valence-electron chi connectivity index (χ0n) is 24.5. The molecule has 0 radical (unpaired) electrons. The summed E-state index contributed by atoms with van der Waals surface area (Å²) in [4.78, 5) is 0. The molecule has 0 amide bonds. The van der Waals surface area contributed by atoms with Gasteiger partial charge in [-0.05, 0) is 77.6 Å². The Balaban J connectivity index is 0.00000316. The molecule has 12 heteroatoms. The normalized spacial score (nSPS) is 13.8. The summed E-state index contributed by atoms with van der Waals surface area (Å²) in [6.45, 7) is 9.09. The minimum atomic E-state index is -5.05. The highest BCUT2D eigenvalue weighted by Crippen LogP contribution is 2.40. The Morgan fingerprint density at radius 1 is 0.674 bits per heavy atom. The second-order valence-electron chi connectivity index (χ2n) is 10.0. The van der Waals surface area contributed by atoms with Crippen LogP contribution in [0.4, 0.5) is 39.5 Å². The fourth-order valence-electron chi connectivity index (χ4n) is 4.33. The Hall–Kier alpha value is -3.25. The summed E-state index contributed by atoms with van der Waals surface area (Å²) in [6, 6.07) is 7.28. The van der Waals surface area contributed by atoms with Crippen LogP contribution in [0.15, 0.2) is 54.6 Å². The van der Waals surface area contributed by atoms with E-state index < -0.39 is 52.9 Å². The zero-order chi connectivity index (χ0) is 32.9. The predicted octanol–water partition coefficient (Wildman–Crippen LogP) is 9.75. The second kappa shape index (κ2) is 14.0. The van der Waals surface area contributed by atoms with Gasteiger partial charge >= 0.3 is 18.5 Å². The number of methoxy groups -OCH3 is 1. The quantitative estimate of drug-likeness (QED) is 0.246. The van der Waals surface area contributed by atoms with Gasteiger partial charge in [0.05, 0.1) is 23.8 Å². The topological polar surface area (TPSA) is 47.3 Å². The highest BCUT2D eigenvalue weighted by molar-refractivity contribution is 5.74. The molecule has 0 bridgehead atoms. The summed E-state index contributed by atoms with van der Waals surface area (Å²) in [5, 5.41) is 2.88. The summed E-state index contributed by atoms with van der Waals surface area (Å²) in [6.07, 6.45) is -14.8. The zero-order valence-corrected chi connectivity index (χ0v) is 24.5. The van der Waals surface area contributed by atoms with Gasteiger partial charge in [0.25, 0.3) is 0 Å². The first kappa shape index (κ1) is 35.9. The Morgan fingerprint density at radius 2 is 1.21 bits per heavy atom. The Morgan fingerprint density at radius 3 is 1.67 bits per heavy atom. The van der Waals surface area contributed by atoms with E-state index in [4.69, 9.17) is 10.5 Å². The van der Waals surface area contributed by atoms with Crippen LogP contribution in [-0.4, -0.2) is 13.2 Å². The first-order valence-corrected chi connectivity index (χ1v) is 13.5. The molecule has 2 atom stereocenters. The van der Waals surface area contributed by atoms with E-state index in [-0.39, 0.29) is 24.1 Å². The summed E-state index contributed by atoms with van der Waals surface area (Å²) in [7, 11) is 1.42. The number of rotatable bonds is 8. The lowest BCUT2D eigenvalue weighted by Crippen LogP contribution is -2.36. The van der Waals surface area contributed by atoms with Gasteiger partial charge in [0, 0.05) is 24.2 Å². The third kappa shape index (κ3) is 9.12. The van der Waals surface area contributed by atoms with Crippen LogP contribution in [0, 0.1) is 0 Å². The molecule has 3 nitrogen and oxygen atoms in total. The van der Waals surface area contributed by atoms with Crippen LogP contribution < -0.4 is 15.8 Å². The summed E-state index contributed by atoms with van der Waals surface area (Å²) in [5.74, 6) is 0.506. The maximum absolute atomic E-state index is 13.6. The van der Waals surface area contributed by atoms with Crippen molar-refractivity contribution in [3.8, 4) is 16.9 Å². The van der Waals surface area contributed by atoms with E-state index in [9.17, 15) is 39.5 Å². The smallest absolute Gasteiger partial charge is 0.416 e. The van der Waals surface area contributed by atoms with Crippen LogP contribution in [0.5, 0.6) is 5.75 Å². The van der Waals surface area contributed by atoms with Gasteiger partial charge in [0.15, 0.2) is 0 Å². The molecule has 2 unspecified atom stereocenters. The summed E-state index contributed by atoms with van der Waals surface area (Å²) >= 11 is 0. The minimum Gasteiger partial charge on any atom is -0.496 e. The second-order valence-corrected chi connectivity index (χ2v) is 10.0. The molecule has 0 fully saturated rings. The third-order valence-electron chi connectivity index (χ3n) is 6.76. The average molecular weight is 623 g/mol. The van der Waals surface area contributed by atoms with Crippen molar-refractivity contribution in [2.45, 2.75) is 77.7 Å². The van der Waals surface area contributed by atoms with E-state index in [0.29, 0.717) is 29.0 Å². The fourth-order valence-corrected chi connectivity index (χ4v) is 4.33. The van der Waals surface area contributed by atoms with Gasteiger partial charge in [-0.2, -0.15) is 39.5 Å². The van der Waals surface area contributed by atoms with E-state index in [1.807, 2.05) is 33.8 Å². The van der Waals surface area contributed by atoms with E-state index >= 15 is 0 Å². The van der Waals surface area contributed by atoms with Gasteiger partial charge in [-0.1, -0.05) is 39.8 Å². The van der Waals surface area contributed by atoms with Gasteiger partial charge in [0.2, 0.25) is 0 Å². The number of nitrogens with two attached hydrogens (primary N) is 1. The molecule has 3 N–H and O–H groups in total. The molecular formula is C31H35F9N2O. The maximum Gasteiger partial charge on any atom is 0.416 e. The van der Waals surface area contributed by atoms with Crippen LogP contribution in [0.3, 0.4) is 0 Å². The first-order chi connectivity index (χ1) is 19.8. The van der Waals surface area contributed by atoms with Crippen molar-refractivity contribution in [3.63, 3.8) is 0 Å². The van der Waals surface area contributed by atoms with Gasteiger partial charge in [-0.15, -0.1) is 0 Å². The highest BCUT2D eigenvalue weighted by atomic mass is 19.4. The fraction of sp³-hybridized carbons (Fsp3) is 0.419. The molecule has 3 aromatic rings. The van der Waals surface area contributed by atoms with E-state index in [1.165, 1.54) is 20.1 Å². The number of alkyl halides is 9. The van der Waals surface area contributed by atoms with Crippen molar-refractivity contribution >= 4 is 0 Å². The molecule has 0 spiro atoms. The average Bonchev–Trinajstić information content (AvgIpc) is 2.94. The van der Waals surface area contributed by atoms with Crippen molar-refractivity contribution in [1.29, 1.82) is 0 Å². The molecule has 0 saturated heterocycles. The first-order valence-electron chi connectivity index (χ1n) is 13.5. The SMILES string of the molecule is CC.COc1ccc(C(C)C)cc1-c1ccc(C(F)(F)F)cc1CNC(C)C(N)c1cc(C(F)(F)F)cc(C(F)(F)F)c1. The highest BCUT2D eigenvalue weighted by Gasteiger charge is 2.38. The van der Waals surface area contributed by atoms with Gasteiger partial charge in [0.1, 0.15) is 5.75 Å². The van der Waals surface area contributed by atoms with Crippen LogP contribution >= 0.6 is 0 Å². The lowest BCUT2D eigenvalue weighted by Gasteiger charge is -2.25. The maximum atomic E-state index is 13.6. The Labute approximate surface area is 245 Å². The third-order valence-corrected chi connectivity index (χ3v) is 6.76. The van der Waals surface area contributed by atoms with E-state index in [2.05, 4.69) is 5.32 Å². The number of hydrogen-bond acceptors (Lipinski definition) is 3. The van der Waals surface area contributed by atoms with Crippen molar-refractivity contribution in [2.24, 2.45) is 5.73 Å². The molecule has 0 heterocycles. The molecule has 0 aliphatic heterocycles. The molecule has 0 saturated carbocycles. The van der Waals surface area contributed by atoms with Crippen LogP contribution in [-0.2, 0) is 25.1 Å². The van der Waals surface area contributed by atoms with Crippen molar-refractivity contribution < 1.29 is 44.3 Å². The molecule has 0 aromatic heterocycles. The molecule has 3 rings (SSSR count). The largest absolute Gasteiger partial charge is 0.496 e. The number of benzene rings is 3. The number of nitrogens with one attached hydrogen (secondary N) is 1. The van der Waals surface area contributed by atoms with Crippen LogP contribution in [0.25, 0.3) is 11.1 Å². The van der Waals surface area contributed by atoms with Crippen molar-refractivity contribution in [2.75, 3.05) is 7.11 Å². The molecule has 0 aliphatic carbocycles. The van der Waals surface area contributed by atoms with Crippen LogP contribution in [0.1, 0.15) is 80.0 Å². The lowest BCUT2D eigenvalue weighted by molar-refractivity contribution is -0.143. The van der Waals surface area contributed by atoms with E-state index in [1.54, 1.807) is 12.1 Å². The van der Waals surface area contributed by atoms with Crippen molar-refractivity contribution in [3.05, 3.63) is 88.0 Å². The van der Waals surface area contributed by atoms with Crippen molar-refractivity contribution in [1.82, 2.24) is 5.32 Å². The predicted molar refractivity (Wildman–Crippen MR) is 149 cm³/mol. The molecule has 43 heavy (non-hydrogen) atoms. The molecule has 3 aromatic carbocycles. The molecule has 0 aliphatic rings. The van der Waals surface area contributed by atoms with Gasteiger partial charge in [-0.25, -0.2) is 0 Å². The number of hydrogen-bond donors (Lipinski definition) is 2. The monoisotopic (exact) mass is 622 g/mol. The van der Waals surface area contributed by atoms with E-state index in [0.717, 1.165) is 17.7 Å². The molecule has 238 valence electrons. The lowest BCUT2D eigenvalue weighted by atomic mass is 9.92. The standard InChI is InChI=1S/C29H29F9N2O.C2H6/c1-15(2)17-5-8-25(41-4)24(12-17)23-7-6-20(27(30,31)32)11-19(23)14-40-16(3)26(39)18-9-21(28(33,34)35)13-22(10-18)29(36,37)38;1-2/h5-13,15-16,26,40H,14,39H2,1-4H3;1-2H3. The van der Waals surface area contributed by atoms with Crippen LogP contribution in [0.2, 0.25) is 0 Å². The Kier molecular flexibility index (Phi) is 11.7. The van der Waals surface area contributed by atoms with Gasteiger partial charge in [-0.3, -0.25) is 0 Å². The molecular weight excluding hydrogens is 587 g/mol. The number of halogens is 9. The Bertz CT molecular complexity index is 1330. The number of ether oxygens (including phenoxy) is 1. The van der Waals surface area contributed by atoms with Gasteiger partial charge < -0.3 is 15.8 Å². The summed E-state index contributed by atoms with van der Waals surface area (Å²) in [5.41, 5.74) is 3.71.